The molecule has 2 aromatic heterocycles. The summed E-state index contributed by atoms with van der Waals surface area (Å²) in [4.78, 5) is 8.26. The van der Waals surface area contributed by atoms with E-state index in [1.807, 2.05) is 23.6 Å². The summed E-state index contributed by atoms with van der Waals surface area (Å²) in [6.07, 6.45) is 1.75. The lowest BCUT2D eigenvalue weighted by atomic mass is 10.4. The van der Waals surface area contributed by atoms with Crippen molar-refractivity contribution in [3.8, 4) is 6.07 Å². The van der Waals surface area contributed by atoms with Crippen LogP contribution in [0.15, 0.2) is 39.1 Å². The van der Waals surface area contributed by atoms with E-state index in [0.717, 1.165) is 9.37 Å². The van der Waals surface area contributed by atoms with Crippen LogP contribution in [-0.2, 0) is 0 Å². The van der Waals surface area contributed by atoms with Crippen LogP contribution in [0, 0.1) is 11.3 Å². The van der Waals surface area contributed by atoms with Gasteiger partial charge in [0.05, 0.1) is 0 Å². The molecule has 0 radical (unpaired) electrons. The highest BCUT2D eigenvalue weighted by molar-refractivity contribution is 8.00. The van der Waals surface area contributed by atoms with Gasteiger partial charge in [-0.3, -0.25) is 0 Å². The number of rotatable bonds is 2. The van der Waals surface area contributed by atoms with Gasteiger partial charge >= 0.3 is 0 Å². The van der Waals surface area contributed by atoms with Crippen LogP contribution in [-0.4, -0.2) is 9.97 Å². The van der Waals surface area contributed by atoms with E-state index in [2.05, 4.69) is 9.97 Å². The summed E-state index contributed by atoms with van der Waals surface area (Å²) in [5, 5.41) is 11.4. The molecule has 0 saturated carbocycles. The highest BCUT2D eigenvalue weighted by atomic mass is 32.2. The SMILES string of the molecule is N#Cc1cccc(Sc2nccs2)n1. The zero-order chi connectivity index (χ0) is 9.80. The minimum Gasteiger partial charge on any atom is -0.238 e. The van der Waals surface area contributed by atoms with Crippen LogP contribution in [0.5, 0.6) is 0 Å². The third kappa shape index (κ3) is 2.10. The maximum Gasteiger partial charge on any atom is 0.156 e. The van der Waals surface area contributed by atoms with Gasteiger partial charge in [0.1, 0.15) is 16.8 Å². The maximum absolute atomic E-state index is 8.65. The third-order valence-corrected chi connectivity index (χ3v) is 3.26. The molecule has 14 heavy (non-hydrogen) atoms. The molecule has 2 rings (SSSR count). The number of pyridine rings is 1. The lowest BCUT2D eigenvalue weighted by Crippen LogP contribution is -1.83. The molecule has 2 aromatic rings. The quantitative estimate of drug-likeness (QED) is 0.778. The van der Waals surface area contributed by atoms with Gasteiger partial charge in [0.25, 0.3) is 0 Å². The van der Waals surface area contributed by atoms with E-state index in [9.17, 15) is 0 Å². The van der Waals surface area contributed by atoms with Crippen LogP contribution < -0.4 is 0 Å². The first kappa shape index (κ1) is 9.19. The van der Waals surface area contributed by atoms with Gasteiger partial charge in [-0.25, -0.2) is 9.97 Å². The highest BCUT2D eigenvalue weighted by Crippen LogP contribution is 2.27. The fourth-order valence-corrected chi connectivity index (χ4v) is 2.44. The molecule has 0 amide bonds. The molecule has 0 saturated heterocycles. The molecule has 68 valence electrons. The summed E-state index contributed by atoms with van der Waals surface area (Å²) in [6.45, 7) is 0. The molecule has 0 spiro atoms. The first-order valence-corrected chi connectivity index (χ1v) is 5.52. The van der Waals surface area contributed by atoms with Crippen LogP contribution in [0.4, 0.5) is 0 Å². The maximum atomic E-state index is 8.65. The smallest absolute Gasteiger partial charge is 0.156 e. The molecule has 2 heterocycles. The lowest BCUT2D eigenvalue weighted by Gasteiger charge is -1.95. The van der Waals surface area contributed by atoms with Gasteiger partial charge in [0.15, 0.2) is 4.34 Å². The predicted molar refractivity (Wildman–Crippen MR) is 55.2 cm³/mol. The molecule has 0 aromatic carbocycles. The summed E-state index contributed by atoms with van der Waals surface area (Å²) >= 11 is 3.03. The van der Waals surface area contributed by atoms with E-state index in [4.69, 9.17) is 5.26 Å². The van der Waals surface area contributed by atoms with Crippen LogP contribution in [0.3, 0.4) is 0 Å². The summed E-state index contributed by atoms with van der Waals surface area (Å²) in [5.74, 6) is 0. The van der Waals surface area contributed by atoms with Gasteiger partial charge in [0, 0.05) is 11.6 Å². The lowest BCUT2D eigenvalue weighted by molar-refractivity contribution is 1.10. The van der Waals surface area contributed by atoms with E-state index in [1.54, 1.807) is 23.6 Å². The number of nitriles is 1. The van der Waals surface area contributed by atoms with Crippen molar-refractivity contribution in [2.45, 2.75) is 9.37 Å². The van der Waals surface area contributed by atoms with E-state index in [0.29, 0.717) is 5.69 Å². The van der Waals surface area contributed by atoms with Gasteiger partial charge in [-0.1, -0.05) is 6.07 Å². The van der Waals surface area contributed by atoms with Crippen molar-refractivity contribution < 1.29 is 0 Å². The first-order chi connectivity index (χ1) is 6.88. The fraction of sp³-hybridized carbons (Fsp3) is 0. The molecule has 0 aliphatic heterocycles. The van der Waals surface area contributed by atoms with Crippen molar-refractivity contribution in [3.05, 3.63) is 35.5 Å². The Morgan fingerprint density at radius 2 is 2.36 bits per heavy atom. The molecule has 0 N–H and O–H groups in total. The minimum absolute atomic E-state index is 0.437. The van der Waals surface area contributed by atoms with Crippen molar-refractivity contribution in [1.82, 2.24) is 9.97 Å². The monoisotopic (exact) mass is 219 g/mol. The van der Waals surface area contributed by atoms with Crippen LogP contribution in [0.1, 0.15) is 5.69 Å². The highest BCUT2D eigenvalue weighted by Gasteiger charge is 2.01. The average molecular weight is 219 g/mol. The summed E-state index contributed by atoms with van der Waals surface area (Å²) in [7, 11) is 0. The molecular formula is C9H5N3S2. The van der Waals surface area contributed by atoms with E-state index in [-0.39, 0.29) is 0 Å². The van der Waals surface area contributed by atoms with Crippen molar-refractivity contribution in [3.63, 3.8) is 0 Å². The first-order valence-electron chi connectivity index (χ1n) is 3.83. The van der Waals surface area contributed by atoms with Gasteiger partial charge in [-0.05, 0) is 23.9 Å². The van der Waals surface area contributed by atoms with Crippen molar-refractivity contribution in [1.29, 1.82) is 5.26 Å². The Morgan fingerprint density at radius 3 is 3.07 bits per heavy atom. The number of hydrogen-bond donors (Lipinski definition) is 0. The van der Waals surface area contributed by atoms with Crippen LogP contribution in [0.25, 0.3) is 0 Å². The Bertz CT molecular complexity index is 459. The molecule has 0 fully saturated rings. The average Bonchev–Trinajstić information content (AvgIpc) is 2.71. The van der Waals surface area contributed by atoms with Gasteiger partial charge in [-0.15, -0.1) is 11.3 Å². The molecule has 0 unspecified atom stereocenters. The summed E-state index contributed by atoms with van der Waals surface area (Å²) < 4.78 is 0.938. The molecule has 0 bridgehead atoms. The zero-order valence-electron chi connectivity index (χ0n) is 7.04. The molecule has 0 aliphatic rings. The fourth-order valence-electron chi connectivity index (χ4n) is 0.884. The number of nitrogens with zero attached hydrogens (tertiary/aromatic N) is 3. The predicted octanol–water partition coefficient (Wildman–Crippen LogP) is 2.56. The largest absolute Gasteiger partial charge is 0.238 e. The summed E-state index contributed by atoms with van der Waals surface area (Å²) in [5.41, 5.74) is 0.437. The van der Waals surface area contributed by atoms with E-state index >= 15 is 0 Å². The second-order valence-electron chi connectivity index (χ2n) is 2.37. The van der Waals surface area contributed by atoms with Crippen LogP contribution >= 0.6 is 23.1 Å². The Balaban J connectivity index is 2.22. The Hall–Kier alpha value is -1.38. The molecule has 0 atom stereocenters. The minimum atomic E-state index is 0.437. The molecule has 3 nitrogen and oxygen atoms in total. The molecular weight excluding hydrogens is 214 g/mol. The Morgan fingerprint density at radius 1 is 1.43 bits per heavy atom. The van der Waals surface area contributed by atoms with Gasteiger partial charge in [0.2, 0.25) is 0 Å². The Kier molecular flexibility index (Phi) is 2.77. The zero-order valence-corrected chi connectivity index (χ0v) is 8.68. The van der Waals surface area contributed by atoms with Crippen molar-refractivity contribution in [2.75, 3.05) is 0 Å². The molecule has 5 heteroatoms. The van der Waals surface area contributed by atoms with E-state index in [1.165, 1.54) is 11.8 Å². The number of thiazole rings is 1. The Labute approximate surface area is 89.4 Å². The second-order valence-corrected chi connectivity index (χ2v) is 4.54. The van der Waals surface area contributed by atoms with Crippen molar-refractivity contribution in [2.24, 2.45) is 0 Å². The number of hydrogen-bond acceptors (Lipinski definition) is 5. The van der Waals surface area contributed by atoms with Crippen molar-refractivity contribution >= 4 is 23.1 Å². The topological polar surface area (TPSA) is 49.6 Å². The third-order valence-electron chi connectivity index (χ3n) is 1.44. The van der Waals surface area contributed by atoms with Gasteiger partial charge < -0.3 is 0 Å². The van der Waals surface area contributed by atoms with Gasteiger partial charge in [-0.2, -0.15) is 5.26 Å². The molecule has 0 aliphatic carbocycles. The normalized spacial score (nSPS) is 9.64. The number of aromatic nitrogens is 2. The van der Waals surface area contributed by atoms with E-state index < -0.39 is 0 Å². The standard InChI is InChI=1S/C9H5N3S2/c10-6-7-2-1-3-8(12-7)14-9-11-4-5-13-9/h1-5H. The van der Waals surface area contributed by atoms with Crippen LogP contribution in [0.2, 0.25) is 0 Å². The summed E-state index contributed by atoms with van der Waals surface area (Å²) in [6, 6.07) is 7.38. The second kappa shape index (κ2) is 4.22.